The molecule has 1 aromatic rings. The largest absolute Gasteiger partial charge is 0.496 e. The van der Waals surface area contributed by atoms with Crippen molar-refractivity contribution in [3.05, 3.63) is 29.8 Å². The Kier molecular flexibility index (Phi) is 4.53. The predicted molar refractivity (Wildman–Crippen MR) is 62.6 cm³/mol. The van der Waals surface area contributed by atoms with Gasteiger partial charge in [-0.3, -0.25) is 5.41 Å². The molecule has 0 atom stereocenters. The lowest BCUT2D eigenvalue weighted by Crippen LogP contribution is -1.96. The number of hydrogen-bond acceptors (Lipinski definition) is 3. The van der Waals surface area contributed by atoms with Crippen LogP contribution in [0.2, 0.25) is 0 Å². The summed E-state index contributed by atoms with van der Waals surface area (Å²) in [6.07, 6.45) is 3.61. The Hall–Kier alpha value is -0.960. The second kappa shape index (κ2) is 5.70. The maximum atomic E-state index is 7.54. The minimum atomic E-state index is 0.718. The van der Waals surface area contributed by atoms with E-state index in [0.29, 0.717) is 0 Å². The molecule has 0 heterocycles. The second-order valence-electron chi connectivity index (χ2n) is 2.94. The van der Waals surface area contributed by atoms with E-state index in [1.165, 1.54) is 17.3 Å². The van der Waals surface area contributed by atoms with Crippen LogP contribution in [0.5, 0.6) is 5.75 Å². The summed E-state index contributed by atoms with van der Waals surface area (Å²) in [6, 6.07) is 7.97. The summed E-state index contributed by atoms with van der Waals surface area (Å²) in [5.74, 6) is 0.918. The van der Waals surface area contributed by atoms with Gasteiger partial charge in [0.05, 0.1) is 12.2 Å². The zero-order chi connectivity index (χ0) is 10.4. The molecule has 0 aliphatic heterocycles. The maximum absolute atomic E-state index is 7.54. The number of methoxy groups -OCH3 is 1. The fourth-order valence-corrected chi connectivity index (χ4v) is 1.57. The van der Waals surface area contributed by atoms with Crippen molar-refractivity contribution in [2.24, 2.45) is 0 Å². The van der Waals surface area contributed by atoms with E-state index >= 15 is 0 Å². The minimum absolute atomic E-state index is 0.718. The van der Waals surface area contributed by atoms with Crippen LogP contribution in [0.25, 0.3) is 0 Å². The van der Waals surface area contributed by atoms with Crippen molar-refractivity contribution in [2.75, 3.05) is 13.4 Å². The van der Waals surface area contributed by atoms with Crippen LogP contribution in [0, 0.1) is 5.41 Å². The first-order valence-electron chi connectivity index (χ1n) is 4.51. The second-order valence-corrected chi connectivity index (χ2v) is 3.84. The van der Waals surface area contributed by atoms with Crippen molar-refractivity contribution >= 4 is 16.8 Å². The number of nitrogens with one attached hydrogen (secondary N) is 1. The van der Waals surface area contributed by atoms with Crippen LogP contribution in [0.15, 0.2) is 24.3 Å². The SMILES string of the molecule is COc1ccccc1CCC(=N)SC. The van der Waals surface area contributed by atoms with Crippen LogP contribution in [0.4, 0.5) is 0 Å². The molecule has 3 heteroatoms. The number of benzene rings is 1. The lowest BCUT2D eigenvalue weighted by Gasteiger charge is -2.07. The molecule has 0 spiro atoms. The molecule has 0 saturated carbocycles. The third-order valence-electron chi connectivity index (χ3n) is 2.06. The highest BCUT2D eigenvalue weighted by molar-refractivity contribution is 8.13. The molecule has 0 radical (unpaired) electrons. The number of ether oxygens (including phenoxy) is 1. The minimum Gasteiger partial charge on any atom is -0.496 e. The highest BCUT2D eigenvalue weighted by atomic mass is 32.2. The third-order valence-corrected chi connectivity index (χ3v) is 2.76. The summed E-state index contributed by atoms with van der Waals surface area (Å²) in [6.45, 7) is 0. The summed E-state index contributed by atoms with van der Waals surface area (Å²) in [5.41, 5.74) is 1.17. The molecule has 1 aromatic carbocycles. The van der Waals surface area contributed by atoms with Crippen LogP contribution in [0.3, 0.4) is 0 Å². The highest BCUT2D eigenvalue weighted by Gasteiger charge is 2.02. The van der Waals surface area contributed by atoms with E-state index in [4.69, 9.17) is 10.1 Å². The van der Waals surface area contributed by atoms with E-state index in [2.05, 4.69) is 0 Å². The summed E-state index contributed by atoms with van der Waals surface area (Å²) < 4.78 is 5.23. The molecule has 0 bridgehead atoms. The van der Waals surface area contributed by atoms with Crippen molar-refractivity contribution in [3.63, 3.8) is 0 Å². The van der Waals surface area contributed by atoms with E-state index < -0.39 is 0 Å². The smallest absolute Gasteiger partial charge is 0.122 e. The number of thioether (sulfide) groups is 1. The maximum Gasteiger partial charge on any atom is 0.122 e. The first kappa shape index (κ1) is 11.1. The van der Waals surface area contributed by atoms with E-state index in [1.807, 2.05) is 30.5 Å². The van der Waals surface area contributed by atoms with Gasteiger partial charge in [-0.2, -0.15) is 0 Å². The van der Waals surface area contributed by atoms with Gasteiger partial charge in [0.15, 0.2) is 0 Å². The predicted octanol–water partition coefficient (Wildman–Crippen LogP) is 2.97. The highest BCUT2D eigenvalue weighted by Crippen LogP contribution is 2.19. The average molecular weight is 209 g/mol. The molecule has 0 saturated heterocycles. The fraction of sp³-hybridized carbons (Fsp3) is 0.364. The summed E-state index contributed by atoms with van der Waals surface area (Å²) >= 11 is 1.50. The van der Waals surface area contributed by atoms with E-state index in [-0.39, 0.29) is 0 Å². The molecule has 0 aliphatic rings. The van der Waals surface area contributed by atoms with Crippen molar-refractivity contribution in [1.82, 2.24) is 0 Å². The normalized spacial score (nSPS) is 9.86. The van der Waals surface area contributed by atoms with Crippen molar-refractivity contribution in [2.45, 2.75) is 12.8 Å². The van der Waals surface area contributed by atoms with Gasteiger partial charge in [0.25, 0.3) is 0 Å². The van der Waals surface area contributed by atoms with Gasteiger partial charge >= 0.3 is 0 Å². The Bertz CT molecular complexity index is 312. The average Bonchev–Trinajstić information content (AvgIpc) is 2.26. The number of para-hydroxylation sites is 1. The Balaban J connectivity index is 2.61. The molecule has 0 amide bonds. The van der Waals surface area contributed by atoms with Crippen molar-refractivity contribution in [1.29, 1.82) is 5.41 Å². The molecular weight excluding hydrogens is 194 g/mol. The Labute approximate surface area is 89.2 Å². The standard InChI is InChI=1S/C11H15NOS/c1-13-10-6-4-3-5-9(10)7-8-11(12)14-2/h3-6,12H,7-8H2,1-2H3. The molecule has 0 aliphatic carbocycles. The molecule has 14 heavy (non-hydrogen) atoms. The summed E-state index contributed by atoms with van der Waals surface area (Å²) in [5, 5.41) is 8.25. The zero-order valence-corrected chi connectivity index (χ0v) is 9.36. The van der Waals surface area contributed by atoms with E-state index in [0.717, 1.165) is 23.6 Å². The van der Waals surface area contributed by atoms with Gasteiger partial charge in [0.2, 0.25) is 0 Å². The Morgan fingerprint density at radius 3 is 2.79 bits per heavy atom. The van der Waals surface area contributed by atoms with Crippen LogP contribution in [-0.2, 0) is 6.42 Å². The third kappa shape index (κ3) is 3.07. The Morgan fingerprint density at radius 1 is 1.43 bits per heavy atom. The molecule has 0 aromatic heterocycles. The number of aryl methyl sites for hydroxylation is 1. The quantitative estimate of drug-likeness (QED) is 0.611. The number of hydrogen-bond donors (Lipinski definition) is 1. The first-order chi connectivity index (χ1) is 6.77. The van der Waals surface area contributed by atoms with Crippen LogP contribution in [0.1, 0.15) is 12.0 Å². The van der Waals surface area contributed by atoms with Gasteiger partial charge < -0.3 is 4.74 Å². The van der Waals surface area contributed by atoms with Crippen LogP contribution >= 0.6 is 11.8 Å². The monoisotopic (exact) mass is 209 g/mol. The van der Waals surface area contributed by atoms with Gasteiger partial charge in [-0.25, -0.2) is 0 Å². The molecule has 2 nitrogen and oxygen atoms in total. The molecule has 1 N–H and O–H groups in total. The van der Waals surface area contributed by atoms with Gasteiger partial charge in [-0.05, 0) is 30.7 Å². The van der Waals surface area contributed by atoms with Gasteiger partial charge in [-0.1, -0.05) is 18.2 Å². The van der Waals surface area contributed by atoms with Gasteiger partial charge in [0, 0.05) is 0 Å². The van der Waals surface area contributed by atoms with E-state index in [9.17, 15) is 0 Å². The lowest BCUT2D eigenvalue weighted by atomic mass is 10.1. The molecule has 1 rings (SSSR count). The molecule has 0 unspecified atom stereocenters. The van der Waals surface area contributed by atoms with Crippen LogP contribution in [-0.4, -0.2) is 18.4 Å². The zero-order valence-electron chi connectivity index (χ0n) is 8.54. The fourth-order valence-electron chi connectivity index (χ4n) is 1.26. The topological polar surface area (TPSA) is 33.1 Å². The van der Waals surface area contributed by atoms with E-state index in [1.54, 1.807) is 7.11 Å². The van der Waals surface area contributed by atoms with Crippen molar-refractivity contribution in [3.8, 4) is 5.75 Å². The summed E-state index contributed by atoms with van der Waals surface area (Å²) in [7, 11) is 1.68. The van der Waals surface area contributed by atoms with Crippen LogP contribution < -0.4 is 4.74 Å². The first-order valence-corrected chi connectivity index (χ1v) is 5.73. The molecular formula is C11H15NOS. The summed E-state index contributed by atoms with van der Waals surface area (Å²) in [4.78, 5) is 0. The number of rotatable bonds is 4. The Morgan fingerprint density at radius 2 is 2.14 bits per heavy atom. The van der Waals surface area contributed by atoms with Gasteiger partial charge in [0.1, 0.15) is 5.75 Å². The lowest BCUT2D eigenvalue weighted by molar-refractivity contribution is 0.410. The molecule has 0 fully saturated rings. The van der Waals surface area contributed by atoms with Gasteiger partial charge in [-0.15, -0.1) is 11.8 Å². The van der Waals surface area contributed by atoms with Crippen molar-refractivity contribution < 1.29 is 4.74 Å². The molecule has 76 valence electrons.